The highest BCUT2D eigenvalue weighted by molar-refractivity contribution is 6.34. The molecular weight excluding hydrogens is 168 g/mol. The summed E-state index contributed by atoms with van der Waals surface area (Å²) in [5, 5.41) is 8.89. The molecule has 1 N–H and O–H groups in total. The molecule has 0 aliphatic heterocycles. The van der Waals surface area contributed by atoms with Crippen LogP contribution < -0.4 is 5.46 Å². The van der Waals surface area contributed by atoms with Gasteiger partial charge in [0.15, 0.2) is 0 Å². The van der Waals surface area contributed by atoms with Gasteiger partial charge >= 0.3 is 6.18 Å². The zero-order valence-corrected chi connectivity index (χ0v) is 5.89. The number of halogens is 3. The summed E-state index contributed by atoms with van der Waals surface area (Å²) in [7, 11) is 5.07. The second kappa shape index (κ2) is 2.73. The maximum Gasteiger partial charge on any atom is 0.419 e. The summed E-state index contributed by atoms with van der Waals surface area (Å²) in [5.41, 5.74) is -1.38. The Hall–Kier alpha value is -1.13. The third kappa shape index (κ3) is 1.54. The summed E-state index contributed by atoms with van der Waals surface area (Å²) in [6, 6.07) is 3.11. The number of para-hydroxylation sites is 1. The summed E-state index contributed by atoms with van der Waals surface area (Å²) >= 11 is 0. The van der Waals surface area contributed by atoms with Crippen LogP contribution in [-0.4, -0.2) is 13.0 Å². The lowest BCUT2D eigenvalue weighted by molar-refractivity contribution is -0.138. The van der Waals surface area contributed by atoms with E-state index in [0.717, 1.165) is 12.1 Å². The van der Waals surface area contributed by atoms with Gasteiger partial charge in [0.05, 0.1) is 5.56 Å². The molecule has 0 amide bonds. The van der Waals surface area contributed by atoms with Crippen molar-refractivity contribution in [2.75, 3.05) is 0 Å². The second-order valence-corrected chi connectivity index (χ2v) is 2.24. The molecular formula is C7H4BF3O. The zero-order valence-electron chi connectivity index (χ0n) is 5.89. The maximum absolute atomic E-state index is 12.0. The average molecular weight is 172 g/mol. The van der Waals surface area contributed by atoms with Gasteiger partial charge in [-0.25, -0.2) is 0 Å². The Balaban J connectivity index is 3.26. The molecule has 1 nitrogen and oxygen atoms in total. The fourth-order valence-corrected chi connectivity index (χ4v) is 0.790. The molecule has 1 aromatic rings. The molecule has 0 bridgehead atoms. The van der Waals surface area contributed by atoms with Crippen LogP contribution in [0, 0.1) is 0 Å². The van der Waals surface area contributed by atoms with Crippen LogP contribution in [0.15, 0.2) is 18.2 Å². The van der Waals surface area contributed by atoms with Crippen LogP contribution in [0.5, 0.6) is 5.75 Å². The first-order valence-electron chi connectivity index (χ1n) is 3.07. The van der Waals surface area contributed by atoms with E-state index in [0.29, 0.717) is 0 Å². The van der Waals surface area contributed by atoms with E-state index in [-0.39, 0.29) is 5.46 Å². The van der Waals surface area contributed by atoms with Crippen LogP contribution in [0.2, 0.25) is 0 Å². The smallest absolute Gasteiger partial charge is 0.419 e. The lowest BCUT2D eigenvalue weighted by Crippen LogP contribution is -2.12. The molecule has 0 fully saturated rings. The predicted octanol–water partition coefficient (Wildman–Crippen LogP) is 1.20. The Morgan fingerprint density at radius 3 is 2.25 bits per heavy atom. The summed E-state index contributed by atoms with van der Waals surface area (Å²) in [6.45, 7) is 0. The molecule has 0 aliphatic rings. The minimum Gasteiger partial charge on any atom is -0.508 e. The number of benzene rings is 1. The van der Waals surface area contributed by atoms with Crippen molar-refractivity contribution in [1.29, 1.82) is 0 Å². The second-order valence-electron chi connectivity index (χ2n) is 2.24. The standard InChI is InChI=1S/C7H4BF3O/c8-5-3-1-2-4(6(5)12)7(9,10)11/h1-3,12H. The van der Waals surface area contributed by atoms with E-state index in [4.69, 9.17) is 13.0 Å². The van der Waals surface area contributed by atoms with Gasteiger partial charge in [-0.2, -0.15) is 13.2 Å². The first-order valence-corrected chi connectivity index (χ1v) is 3.07. The number of alkyl halides is 3. The van der Waals surface area contributed by atoms with E-state index in [1.165, 1.54) is 6.07 Å². The summed E-state index contributed by atoms with van der Waals surface area (Å²) in [5.74, 6) is -0.912. The van der Waals surface area contributed by atoms with E-state index in [1.807, 2.05) is 0 Å². The van der Waals surface area contributed by atoms with Crippen LogP contribution >= 0.6 is 0 Å². The Bertz CT molecular complexity index is 295. The number of rotatable bonds is 0. The van der Waals surface area contributed by atoms with Crippen molar-refractivity contribution >= 4 is 13.3 Å². The molecule has 0 spiro atoms. The molecule has 1 aromatic carbocycles. The summed E-state index contributed by atoms with van der Waals surface area (Å²) < 4.78 is 36.0. The van der Waals surface area contributed by atoms with Crippen LogP contribution in [0.25, 0.3) is 0 Å². The molecule has 0 saturated carbocycles. The number of hydrogen-bond acceptors (Lipinski definition) is 1. The molecule has 0 unspecified atom stereocenters. The van der Waals surface area contributed by atoms with E-state index in [1.54, 1.807) is 0 Å². The lowest BCUT2D eigenvalue weighted by atomic mass is 9.93. The molecule has 1 rings (SSSR count). The van der Waals surface area contributed by atoms with Crippen molar-refractivity contribution in [2.45, 2.75) is 6.18 Å². The summed E-state index contributed by atoms with van der Waals surface area (Å²) in [6.07, 6.45) is -4.56. The Morgan fingerprint density at radius 1 is 1.25 bits per heavy atom. The van der Waals surface area contributed by atoms with Gasteiger partial charge in [0.1, 0.15) is 13.6 Å². The molecule has 2 radical (unpaired) electrons. The van der Waals surface area contributed by atoms with Gasteiger partial charge in [-0.1, -0.05) is 17.6 Å². The van der Waals surface area contributed by atoms with E-state index >= 15 is 0 Å². The Kier molecular flexibility index (Phi) is 2.04. The van der Waals surface area contributed by atoms with Gasteiger partial charge in [-0.05, 0) is 6.07 Å². The van der Waals surface area contributed by atoms with E-state index in [2.05, 4.69) is 0 Å². The first-order chi connectivity index (χ1) is 5.43. The number of phenolic OH excluding ortho intramolecular Hbond substituents is 1. The topological polar surface area (TPSA) is 20.2 Å². The van der Waals surface area contributed by atoms with Gasteiger partial charge in [0.2, 0.25) is 0 Å². The van der Waals surface area contributed by atoms with Crippen LogP contribution in [-0.2, 0) is 6.18 Å². The van der Waals surface area contributed by atoms with Crippen LogP contribution in [0.4, 0.5) is 13.2 Å². The normalized spacial score (nSPS) is 11.6. The van der Waals surface area contributed by atoms with Crippen LogP contribution in [0.3, 0.4) is 0 Å². The lowest BCUT2D eigenvalue weighted by Gasteiger charge is -2.09. The van der Waals surface area contributed by atoms with Gasteiger partial charge in [-0.15, -0.1) is 0 Å². The number of hydrogen-bond donors (Lipinski definition) is 1. The van der Waals surface area contributed by atoms with Gasteiger partial charge in [0, 0.05) is 0 Å². The summed E-state index contributed by atoms with van der Waals surface area (Å²) in [4.78, 5) is 0. The maximum atomic E-state index is 12.0. The van der Waals surface area contributed by atoms with E-state index in [9.17, 15) is 13.2 Å². The van der Waals surface area contributed by atoms with Crippen molar-refractivity contribution in [3.63, 3.8) is 0 Å². The fourth-order valence-electron chi connectivity index (χ4n) is 0.790. The van der Waals surface area contributed by atoms with Crippen LogP contribution in [0.1, 0.15) is 5.56 Å². The minimum absolute atomic E-state index is 0.273. The van der Waals surface area contributed by atoms with Crippen molar-refractivity contribution < 1.29 is 18.3 Å². The predicted molar refractivity (Wildman–Crippen MR) is 38.5 cm³/mol. The van der Waals surface area contributed by atoms with Crippen molar-refractivity contribution in [2.24, 2.45) is 0 Å². The van der Waals surface area contributed by atoms with Gasteiger partial charge < -0.3 is 5.11 Å². The SMILES string of the molecule is [B]c1cccc(C(F)(F)F)c1O. The Labute approximate surface area is 68.2 Å². The number of aromatic hydroxyl groups is 1. The zero-order chi connectivity index (χ0) is 9.35. The molecule has 12 heavy (non-hydrogen) atoms. The molecule has 0 heterocycles. The molecule has 0 aliphatic carbocycles. The fraction of sp³-hybridized carbons (Fsp3) is 0.143. The largest absolute Gasteiger partial charge is 0.508 e. The highest BCUT2D eigenvalue weighted by Gasteiger charge is 2.33. The first kappa shape index (κ1) is 8.97. The van der Waals surface area contributed by atoms with Crippen molar-refractivity contribution in [3.8, 4) is 5.75 Å². The molecule has 62 valence electrons. The van der Waals surface area contributed by atoms with Gasteiger partial charge in [-0.3, -0.25) is 0 Å². The highest BCUT2D eigenvalue weighted by Crippen LogP contribution is 2.33. The van der Waals surface area contributed by atoms with Crippen molar-refractivity contribution in [1.82, 2.24) is 0 Å². The quantitative estimate of drug-likeness (QED) is 0.583. The average Bonchev–Trinajstić information content (AvgIpc) is 1.92. The molecule has 0 atom stereocenters. The number of phenols is 1. The molecule has 0 saturated heterocycles. The molecule has 0 aromatic heterocycles. The van der Waals surface area contributed by atoms with Gasteiger partial charge in [0.25, 0.3) is 0 Å². The monoisotopic (exact) mass is 172 g/mol. The highest BCUT2D eigenvalue weighted by atomic mass is 19.4. The minimum atomic E-state index is -4.56. The van der Waals surface area contributed by atoms with Crippen molar-refractivity contribution in [3.05, 3.63) is 23.8 Å². The third-order valence-corrected chi connectivity index (χ3v) is 1.37. The third-order valence-electron chi connectivity index (χ3n) is 1.37. The van der Waals surface area contributed by atoms with E-state index < -0.39 is 17.5 Å². The Morgan fingerprint density at radius 2 is 1.83 bits per heavy atom. The molecule has 5 heteroatoms.